The molecular weight excluding hydrogens is 254 g/mol. The van der Waals surface area contributed by atoms with E-state index >= 15 is 0 Å². The van der Waals surface area contributed by atoms with Crippen LogP contribution in [0.15, 0.2) is 0 Å². The summed E-state index contributed by atoms with van der Waals surface area (Å²) in [6.07, 6.45) is 5.66. The topological polar surface area (TPSA) is 87.3 Å². The van der Waals surface area contributed by atoms with E-state index in [1.807, 2.05) is 0 Å². The third kappa shape index (κ3) is 6.20. The van der Waals surface area contributed by atoms with E-state index in [1.165, 1.54) is 19.3 Å². The molecule has 3 N–H and O–H groups in total. The van der Waals surface area contributed by atoms with Crippen molar-refractivity contribution in [3.8, 4) is 0 Å². The van der Waals surface area contributed by atoms with Crippen LogP contribution in [0.2, 0.25) is 0 Å². The molecule has 1 fully saturated rings. The molecule has 0 aromatic carbocycles. The quantitative estimate of drug-likeness (QED) is 0.620. The van der Waals surface area contributed by atoms with Gasteiger partial charge in [-0.3, -0.25) is 0 Å². The fourth-order valence-electron chi connectivity index (χ4n) is 1.97. The largest absolute Gasteiger partial charge is 0.337 e. The number of nitrogens with one attached hydrogen (secondary N) is 3. The first-order valence-corrected chi connectivity index (χ1v) is 8.20. The Bertz CT molecular complexity index is 351. The molecule has 0 spiro atoms. The van der Waals surface area contributed by atoms with Gasteiger partial charge >= 0.3 is 6.03 Å². The lowest BCUT2D eigenvalue weighted by molar-refractivity contribution is 0.233. The van der Waals surface area contributed by atoms with Gasteiger partial charge < -0.3 is 10.6 Å². The molecule has 0 bridgehead atoms. The van der Waals surface area contributed by atoms with Gasteiger partial charge in [-0.2, -0.15) is 0 Å². The molecule has 106 valence electrons. The lowest BCUT2D eigenvalue weighted by Gasteiger charge is -2.22. The van der Waals surface area contributed by atoms with Crippen molar-refractivity contribution in [2.24, 2.45) is 0 Å². The Hall–Kier alpha value is -0.820. The highest BCUT2D eigenvalue weighted by atomic mass is 32.2. The molecule has 0 atom stereocenters. The minimum absolute atomic E-state index is 0.0568. The molecule has 0 aliphatic heterocycles. The average Bonchev–Trinajstić information content (AvgIpc) is 2.36. The Morgan fingerprint density at radius 3 is 2.44 bits per heavy atom. The molecule has 0 unspecified atom stereocenters. The SMILES string of the molecule is CCS(=O)(=O)NCCNC(=O)NC1CCCCC1. The van der Waals surface area contributed by atoms with Crippen LogP contribution < -0.4 is 15.4 Å². The van der Waals surface area contributed by atoms with Crippen molar-refractivity contribution >= 4 is 16.1 Å². The second-order valence-corrected chi connectivity index (χ2v) is 6.63. The molecule has 0 aromatic heterocycles. The Labute approximate surface area is 109 Å². The van der Waals surface area contributed by atoms with Gasteiger partial charge in [0.25, 0.3) is 0 Å². The molecule has 0 radical (unpaired) electrons. The summed E-state index contributed by atoms with van der Waals surface area (Å²) in [5.41, 5.74) is 0. The van der Waals surface area contributed by atoms with Crippen LogP contribution in [0.1, 0.15) is 39.0 Å². The number of sulfonamides is 1. The Morgan fingerprint density at radius 1 is 1.17 bits per heavy atom. The van der Waals surface area contributed by atoms with Crippen LogP contribution in [0.5, 0.6) is 0 Å². The van der Waals surface area contributed by atoms with Crippen LogP contribution in [-0.4, -0.2) is 39.3 Å². The predicted molar refractivity (Wildman–Crippen MR) is 70.9 cm³/mol. The maximum atomic E-state index is 11.5. The number of carbonyl (C=O) groups is 1. The molecule has 7 heteroatoms. The van der Waals surface area contributed by atoms with Gasteiger partial charge in [-0.05, 0) is 19.8 Å². The summed E-state index contributed by atoms with van der Waals surface area (Å²) in [7, 11) is -3.17. The van der Waals surface area contributed by atoms with Gasteiger partial charge in [-0.25, -0.2) is 17.9 Å². The number of rotatable bonds is 6. The smallest absolute Gasteiger partial charge is 0.315 e. The second kappa shape index (κ2) is 7.58. The molecule has 2 amide bonds. The van der Waals surface area contributed by atoms with Crippen molar-refractivity contribution in [2.75, 3.05) is 18.8 Å². The standard InChI is InChI=1S/C11H23N3O3S/c1-2-18(16,17)13-9-8-12-11(15)14-10-6-4-3-5-7-10/h10,13H,2-9H2,1H3,(H2,12,14,15). The van der Waals surface area contributed by atoms with Crippen molar-refractivity contribution < 1.29 is 13.2 Å². The van der Waals surface area contributed by atoms with Crippen LogP contribution in [0.4, 0.5) is 4.79 Å². The zero-order valence-corrected chi connectivity index (χ0v) is 11.7. The first-order valence-electron chi connectivity index (χ1n) is 6.55. The molecule has 6 nitrogen and oxygen atoms in total. The van der Waals surface area contributed by atoms with Gasteiger partial charge in [0.05, 0.1) is 5.75 Å². The molecule has 0 saturated heterocycles. The minimum atomic E-state index is -3.17. The molecule has 1 aliphatic carbocycles. The summed E-state index contributed by atoms with van der Waals surface area (Å²) in [5, 5.41) is 5.55. The van der Waals surface area contributed by atoms with E-state index in [9.17, 15) is 13.2 Å². The number of hydrogen-bond donors (Lipinski definition) is 3. The van der Waals surface area contributed by atoms with Crippen molar-refractivity contribution in [1.29, 1.82) is 0 Å². The maximum Gasteiger partial charge on any atom is 0.315 e. The molecule has 0 aromatic rings. The van der Waals surface area contributed by atoms with Crippen molar-refractivity contribution in [3.05, 3.63) is 0 Å². The summed E-state index contributed by atoms with van der Waals surface area (Å²) in [6.45, 7) is 2.11. The summed E-state index contributed by atoms with van der Waals surface area (Å²) >= 11 is 0. The van der Waals surface area contributed by atoms with Crippen molar-refractivity contribution in [2.45, 2.75) is 45.1 Å². The number of amides is 2. The first-order chi connectivity index (χ1) is 8.53. The maximum absolute atomic E-state index is 11.5. The molecule has 18 heavy (non-hydrogen) atoms. The normalized spacial score (nSPS) is 17.4. The molecule has 1 aliphatic rings. The number of carbonyl (C=O) groups excluding carboxylic acids is 1. The van der Waals surface area contributed by atoms with Crippen LogP contribution in [0.25, 0.3) is 0 Å². The number of urea groups is 1. The van der Waals surface area contributed by atoms with E-state index in [0.717, 1.165) is 12.8 Å². The monoisotopic (exact) mass is 277 g/mol. The molecular formula is C11H23N3O3S. The van der Waals surface area contributed by atoms with Gasteiger partial charge in [0.15, 0.2) is 0 Å². The zero-order chi connectivity index (χ0) is 13.4. The van der Waals surface area contributed by atoms with Crippen LogP contribution in [0.3, 0.4) is 0 Å². The third-order valence-corrected chi connectivity index (χ3v) is 4.46. The van der Waals surface area contributed by atoms with Gasteiger partial charge in [-0.15, -0.1) is 0 Å². The summed E-state index contributed by atoms with van der Waals surface area (Å²) < 4.78 is 24.6. The van der Waals surface area contributed by atoms with Gasteiger partial charge in [0.1, 0.15) is 0 Å². The third-order valence-electron chi connectivity index (χ3n) is 3.05. The summed E-state index contributed by atoms with van der Waals surface area (Å²) in [6, 6.07) is 0.0590. The predicted octanol–water partition coefficient (Wildman–Crippen LogP) is 0.558. The van der Waals surface area contributed by atoms with E-state index in [-0.39, 0.29) is 24.4 Å². The van der Waals surface area contributed by atoms with E-state index in [1.54, 1.807) is 6.92 Å². The van der Waals surface area contributed by atoms with Gasteiger partial charge in [0, 0.05) is 19.1 Å². The van der Waals surface area contributed by atoms with E-state index in [2.05, 4.69) is 15.4 Å². The highest BCUT2D eigenvalue weighted by Crippen LogP contribution is 2.16. The van der Waals surface area contributed by atoms with Gasteiger partial charge in [-0.1, -0.05) is 19.3 Å². The van der Waals surface area contributed by atoms with Crippen molar-refractivity contribution in [1.82, 2.24) is 15.4 Å². The first kappa shape index (κ1) is 15.2. The summed E-state index contributed by atoms with van der Waals surface area (Å²) in [4.78, 5) is 11.5. The van der Waals surface area contributed by atoms with E-state index < -0.39 is 10.0 Å². The summed E-state index contributed by atoms with van der Waals surface area (Å²) in [5.74, 6) is 0.0568. The average molecular weight is 277 g/mol. The Balaban J connectivity index is 2.10. The zero-order valence-electron chi connectivity index (χ0n) is 10.9. The van der Waals surface area contributed by atoms with Crippen molar-refractivity contribution in [3.63, 3.8) is 0 Å². The lowest BCUT2D eigenvalue weighted by atomic mass is 9.96. The minimum Gasteiger partial charge on any atom is -0.337 e. The fraction of sp³-hybridized carbons (Fsp3) is 0.909. The Kier molecular flexibility index (Phi) is 6.42. The molecule has 1 saturated carbocycles. The van der Waals surface area contributed by atoms with Crippen LogP contribution in [0, 0.1) is 0 Å². The van der Waals surface area contributed by atoms with E-state index in [4.69, 9.17) is 0 Å². The van der Waals surface area contributed by atoms with Crippen LogP contribution >= 0.6 is 0 Å². The highest BCUT2D eigenvalue weighted by molar-refractivity contribution is 7.89. The highest BCUT2D eigenvalue weighted by Gasteiger charge is 2.15. The van der Waals surface area contributed by atoms with Crippen LogP contribution in [-0.2, 0) is 10.0 Å². The fourth-order valence-corrected chi connectivity index (χ4v) is 2.59. The number of hydrogen-bond acceptors (Lipinski definition) is 3. The second-order valence-electron chi connectivity index (χ2n) is 4.53. The molecule has 1 rings (SSSR count). The lowest BCUT2D eigenvalue weighted by Crippen LogP contribution is -2.45. The Morgan fingerprint density at radius 2 is 1.83 bits per heavy atom. The van der Waals surface area contributed by atoms with Gasteiger partial charge in [0.2, 0.25) is 10.0 Å². The van der Waals surface area contributed by atoms with E-state index in [0.29, 0.717) is 6.54 Å². The molecule has 0 heterocycles.